The third kappa shape index (κ3) is 3.68. The highest BCUT2D eigenvalue weighted by atomic mass is 35.5. The van der Waals surface area contributed by atoms with E-state index in [-0.39, 0.29) is 23.0 Å². The van der Waals surface area contributed by atoms with Crippen LogP contribution in [-0.4, -0.2) is 23.7 Å². The number of aliphatic hydroxyl groups is 1. The van der Waals surface area contributed by atoms with E-state index >= 15 is 0 Å². The minimum atomic E-state index is -0.635. The van der Waals surface area contributed by atoms with Crippen molar-refractivity contribution in [1.82, 2.24) is 5.32 Å². The van der Waals surface area contributed by atoms with Gasteiger partial charge in [-0.1, -0.05) is 31.5 Å². The molecule has 0 aliphatic rings. The van der Waals surface area contributed by atoms with Crippen LogP contribution in [0.25, 0.3) is 0 Å². The average Bonchev–Trinajstić information content (AvgIpc) is 2.29. The maximum absolute atomic E-state index is 13.1. The van der Waals surface area contributed by atoms with E-state index in [2.05, 4.69) is 5.32 Å². The van der Waals surface area contributed by atoms with Crippen LogP contribution in [0.5, 0.6) is 0 Å². The molecule has 0 heterocycles. The molecule has 0 aliphatic carbocycles. The average molecular weight is 260 g/mol. The van der Waals surface area contributed by atoms with Gasteiger partial charge in [0.25, 0.3) is 5.91 Å². The van der Waals surface area contributed by atoms with Gasteiger partial charge in [-0.05, 0) is 18.1 Å². The van der Waals surface area contributed by atoms with Crippen LogP contribution in [0.15, 0.2) is 18.2 Å². The van der Waals surface area contributed by atoms with Crippen LogP contribution < -0.4 is 5.32 Å². The van der Waals surface area contributed by atoms with Gasteiger partial charge in [-0.2, -0.15) is 0 Å². The summed E-state index contributed by atoms with van der Waals surface area (Å²) in [6.07, 6.45) is -0.633. The first-order valence-electron chi connectivity index (χ1n) is 5.33. The Labute approximate surface area is 105 Å². The van der Waals surface area contributed by atoms with Crippen molar-refractivity contribution in [3.8, 4) is 0 Å². The fourth-order valence-corrected chi connectivity index (χ4v) is 1.42. The van der Waals surface area contributed by atoms with Gasteiger partial charge in [0, 0.05) is 6.54 Å². The van der Waals surface area contributed by atoms with Crippen molar-refractivity contribution in [2.24, 2.45) is 5.92 Å². The van der Waals surface area contributed by atoms with Crippen molar-refractivity contribution in [2.45, 2.75) is 20.0 Å². The molecule has 0 spiro atoms. The van der Waals surface area contributed by atoms with Gasteiger partial charge >= 0.3 is 0 Å². The lowest BCUT2D eigenvalue weighted by atomic mass is 10.1. The fourth-order valence-electron chi connectivity index (χ4n) is 1.21. The number of carbonyl (C=O) groups is 1. The molecule has 1 amide bonds. The van der Waals surface area contributed by atoms with E-state index in [0.717, 1.165) is 0 Å². The van der Waals surface area contributed by atoms with Crippen molar-refractivity contribution in [2.75, 3.05) is 6.54 Å². The molecular weight excluding hydrogens is 245 g/mol. The van der Waals surface area contributed by atoms with Crippen molar-refractivity contribution in [3.05, 3.63) is 34.6 Å². The molecule has 0 saturated carbocycles. The molecule has 1 rings (SSSR count). The van der Waals surface area contributed by atoms with Gasteiger partial charge in [-0.25, -0.2) is 4.39 Å². The van der Waals surface area contributed by atoms with Crippen molar-refractivity contribution in [1.29, 1.82) is 0 Å². The summed E-state index contributed by atoms with van der Waals surface area (Å²) >= 11 is 5.67. The van der Waals surface area contributed by atoms with Gasteiger partial charge in [0.2, 0.25) is 0 Å². The number of halogens is 2. The Morgan fingerprint density at radius 1 is 1.53 bits per heavy atom. The Kier molecular flexibility index (Phi) is 4.90. The van der Waals surface area contributed by atoms with E-state index in [9.17, 15) is 14.3 Å². The molecule has 0 fully saturated rings. The van der Waals surface area contributed by atoms with Crippen LogP contribution in [0.1, 0.15) is 24.2 Å². The van der Waals surface area contributed by atoms with E-state index < -0.39 is 17.8 Å². The number of nitrogens with one attached hydrogen (secondary N) is 1. The molecule has 0 aliphatic heterocycles. The number of carbonyl (C=O) groups excluding carboxylic acids is 1. The molecule has 0 bridgehead atoms. The second-order valence-electron chi connectivity index (χ2n) is 4.12. The lowest BCUT2D eigenvalue weighted by Crippen LogP contribution is -2.34. The highest BCUT2D eigenvalue weighted by Crippen LogP contribution is 2.19. The zero-order chi connectivity index (χ0) is 13.0. The highest BCUT2D eigenvalue weighted by Gasteiger charge is 2.15. The summed E-state index contributed by atoms with van der Waals surface area (Å²) in [5.74, 6) is -1.09. The standard InChI is InChI=1S/C12H15ClFNO2/c1-7(2)10(16)6-15-12(17)8-4-3-5-9(14)11(8)13/h3-5,7,10,16H,6H2,1-2H3,(H,15,17). The van der Waals surface area contributed by atoms with Gasteiger partial charge in [-0.15, -0.1) is 0 Å². The van der Waals surface area contributed by atoms with E-state index in [1.165, 1.54) is 18.2 Å². The van der Waals surface area contributed by atoms with Gasteiger partial charge in [0.15, 0.2) is 0 Å². The number of hydrogen-bond acceptors (Lipinski definition) is 2. The number of rotatable bonds is 4. The summed E-state index contributed by atoms with van der Waals surface area (Å²) in [4.78, 5) is 11.7. The molecule has 2 N–H and O–H groups in total. The van der Waals surface area contributed by atoms with E-state index in [0.29, 0.717) is 0 Å². The van der Waals surface area contributed by atoms with Gasteiger partial charge in [0.1, 0.15) is 5.82 Å². The maximum Gasteiger partial charge on any atom is 0.252 e. The zero-order valence-corrected chi connectivity index (χ0v) is 10.5. The van der Waals surface area contributed by atoms with E-state index in [1.807, 2.05) is 13.8 Å². The fraction of sp³-hybridized carbons (Fsp3) is 0.417. The lowest BCUT2D eigenvalue weighted by molar-refractivity contribution is 0.0871. The maximum atomic E-state index is 13.1. The van der Waals surface area contributed by atoms with Crippen LogP contribution in [0, 0.1) is 11.7 Å². The number of aliphatic hydroxyl groups excluding tert-OH is 1. The molecule has 1 aromatic rings. The van der Waals surface area contributed by atoms with E-state index in [4.69, 9.17) is 11.6 Å². The summed E-state index contributed by atoms with van der Waals surface area (Å²) in [5, 5.41) is 11.8. The molecule has 17 heavy (non-hydrogen) atoms. The van der Waals surface area contributed by atoms with Crippen LogP contribution in [-0.2, 0) is 0 Å². The summed E-state index contributed by atoms with van der Waals surface area (Å²) in [6, 6.07) is 4.03. The van der Waals surface area contributed by atoms with Crippen LogP contribution in [0.3, 0.4) is 0 Å². The quantitative estimate of drug-likeness (QED) is 0.871. The SMILES string of the molecule is CC(C)C(O)CNC(=O)c1cccc(F)c1Cl. The Balaban J connectivity index is 2.68. The molecule has 1 atom stereocenters. The first-order valence-corrected chi connectivity index (χ1v) is 5.71. The van der Waals surface area contributed by atoms with E-state index in [1.54, 1.807) is 0 Å². The summed E-state index contributed by atoms with van der Waals surface area (Å²) in [6.45, 7) is 3.79. The Morgan fingerprint density at radius 2 is 2.18 bits per heavy atom. The molecule has 1 unspecified atom stereocenters. The molecule has 5 heteroatoms. The van der Waals surface area contributed by atoms with Crippen LogP contribution in [0.2, 0.25) is 5.02 Å². The molecule has 94 valence electrons. The monoisotopic (exact) mass is 259 g/mol. The normalized spacial score (nSPS) is 12.6. The van der Waals surface area contributed by atoms with Gasteiger partial charge in [0.05, 0.1) is 16.7 Å². The lowest BCUT2D eigenvalue weighted by Gasteiger charge is -2.15. The number of amides is 1. The first-order chi connectivity index (χ1) is 7.93. The second kappa shape index (κ2) is 5.98. The Morgan fingerprint density at radius 3 is 2.76 bits per heavy atom. The molecule has 0 saturated heterocycles. The molecule has 1 aromatic carbocycles. The third-order valence-electron chi connectivity index (χ3n) is 2.44. The summed E-state index contributed by atoms with van der Waals surface area (Å²) in [5.41, 5.74) is 0.0719. The number of hydrogen-bond donors (Lipinski definition) is 2. The zero-order valence-electron chi connectivity index (χ0n) is 9.71. The first kappa shape index (κ1) is 13.9. The minimum absolute atomic E-state index is 0.0401. The van der Waals surface area contributed by atoms with Crippen LogP contribution in [0.4, 0.5) is 4.39 Å². The predicted octanol–water partition coefficient (Wildman–Crippen LogP) is 2.23. The molecule has 3 nitrogen and oxygen atoms in total. The second-order valence-corrected chi connectivity index (χ2v) is 4.50. The topological polar surface area (TPSA) is 49.3 Å². The Bertz CT molecular complexity index is 409. The summed E-state index contributed by atoms with van der Waals surface area (Å²) in [7, 11) is 0. The highest BCUT2D eigenvalue weighted by molar-refractivity contribution is 6.34. The minimum Gasteiger partial charge on any atom is -0.391 e. The molecule has 0 aromatic heterocycles. The van der Waals surface area contributed by atoms with Crippen molar-refractivity contribution in [3.63, 3.8) is 0 Å². The summed E-state index contributed by atoms with van der Waals surface area (Å²) < 4.78 is 13.1. The number of benzene rings is 1. The van der Waals surface area contributed by atoms with Crippen LogP contribution >= 0.6 is 11.6 Å². The molecule has 0 radical (unpaired) electrons. The van der Waals surface area contributed by atoms with Crippen molar-refractivity contribution >= 4 is 17.5 Å². The molecular formula is C12H15ClFNO2. The Hall–Kier alpha value is -1.13. The smallest absolute Gasteiger partial charge is 0.252 e. The van der Waals surface area contributed by atoms with Crippen molar-refractivity contribution < 1.29 is 14.3 Å². The predicted molar refractivity (Wildman–Crippen MR) is 64.6 cm³/mol. The van der Waals surface area contributed by atoms with Gasteiger partial charge < -0.3 is 10.4 Å². The largest absolute Gasteiger partial charge is 0.391 e. The third-order valence-corrected chi connectivity index (χ3v) is 2.82. The van der Waals surface area contributed by atoms with Gasteiger partial charge in [-0.3, -0.25) is 4.79 Å².